The number of anilines is 1. The predicted molar refractivity (Wildman–Crippen MR) is 112 cm³/mol. The molecule has 3 aromatic rings. The Morgan fingerprint density at radius 2 is 1.82 bits per heavy atom. The van der Waals surface area contributed by atoms with E-state index >= 15 is 0 Å². The molecule has 5 nitrogen and oxygen atoms in total. The van der Waals surface area contributed by atoms with Crippen molar-refractivity contribution in [2.45, 2.75) is 6.92 Å². The van der Waals surface area contributed by atoms with E-state index in [0.29, 0.717) is 5.75 Å². The van der Waals surface area contributed by atoms with Gasteiger partial charge in [0.15, 0.2) is 6.61 Å². The van der Waals surface area contributed by atoms with Crippen molar-refractivity contribution in [3.63, 3.8) is 0 Å². The number of benzene rings is 3. The number of amides is 1. The van der Waals surface area contributed by atoms with Gasteiger partial charge in [0.2, 0.25) is 0 Å². The summed E-state index contributed by atoms with van der Waals surface area (Å²) in [6.45, 7) is 1.89. The summed E-state index contributed by atoms with van der Waals surface area (Å²) in [7, 11) is 1.63. The minimum atomic E-state index is -0.215. The minimum Gasteiger partial charge on any atom is -0.497 e. The Balaban J connectivity index is 1.63. The Hall–Kier alpha value is -3.60. The second kappa shape index (κ2) is 9.37. The fourth-order valence-corrected chi connectivity index (χ4v) is 2.59. The molecule has 142 valence electrons. The Morgan fingerprint density at radius 3 is 2.57 bits per heavy atom. The number of nitrogens with zero attached hydrogens (tertiary/aromatic N) is 1. The summed E-state index contributed by atoms with van der Waals surface area (Å²) in [5.41, 5.74) is 3.43. The molecule has 0 saturated heterocycles. The summed E-state index contributed by atoms with van der Waals surface area (Å²) in [6.07, 6.45) is 1.72. The highest BCUT2D eigenvalue weighted by atomic mass is 16.5. The molecule has 0 radical (unpaired) electrons. The maximum Gasteiger partial charge on any atom is 0.262 e. The average Bonchev–Trinajstić information content (AvgIpc) is 2.71. The fourth-order valence-electron chi connectivity index (χ4n) is 2.59. The number of carbonyl (C=O) groups is 1. The number of hydrogen-bond donors (Lipinski definition) is 1. The molecular formula is C23H22N2O3. The van der Waals surface area contributed by atoms with Crippen LogP contribution in [0.3, 0.4) is 0 Å². The van der Waals surface area contributed by atoms with Crippen molar-refractivity contribution in [2.24, 2.45) is 4.99 Å². The van der Waals surface area contributed by atoms with E-state index < -0.39 is 0 Å². The van der Waals surface area contributed by atoms with E-state index in [1.54, 1.807) is 13.3 Å². The van der Waals surface area contributed by atoms with Crippen LogP contribution in [-0.2, 0) is 4.79 Å². The molecule has 0 spiro atoms. The molecule has 0 aliphatic rings. The Kier molecular flexibility index (Phi) is 6.41. The van der Waals surface area contributed by atoms with Crippen LogP contribution in [0.5, 0.6) is 11.5 Å². The fraction of sp³-hybridized carbons (Fsp3) is 0.130. The highest BCUT2D eigenvalue weighted by Gasteiger charge is 2.06. The van der Waals surface area contributed by atoms with Gasteiger partial charge < -0.3 is 14.8 Å². The molecule has 1 N–H and O–H groups in total. The highest BCUT2D eigenvalue weighted by molar-refractivity contribution is 5.92. The average molecular weight is 374 g/mol. The number of hydrogen-bond acceptors (Lipinski definition) is 4. The van der Waals surface area contributed by atoms with Gasteiger partial charge in [-0.25, -0.2) is 0 Å². The van der Waals surface area contributed by atoms with E-state index in [2.05, 4.69) is 10.3 Å². The van der Waals surface area contributed by atoms with Crippen LogP contribution >= 0.6 is 0 Å². The van der Waals surface area contributed by atoms with Crippen LogP contribution in [0.4, 0.5) is 11.4 Å². The van der Waals surface area contributed by atoms with Crippen LogP contribution in [0.15, 0.2) is 77.8 Å². The maximum absolute atomic E-state index is 12.2. The lowest BCUT2D eigenvalue weighted by Crippen LogP contribution is -2.20. The van der Waals surface area contributed by atoms with Crippen LogP contribution in [0.2, 0.25) is 0 Å². The van der Waals surface area contributed by atoms with Gasteiger partial charge in [-0.1, -0.05) is 24.3 Å². The Morgan fingerprint density at radius 1 is 1.04 bits per heavy atom. The zero-order valence-corrected chi connectivity index (χ0v) is 15.9. The molecular weight excluding hydrogens is 352 g/mol. The molecule has 0 aliphatic heterocycles. The van der Waals surface area contributed by atoms with Gasteiger partial charge in [0, 0.05) is 17.5 Å². The minimum absolute atomic E-state index is 0.0820. The van der Waals surface area contributed by atoms with Crippen molar-refractivity contribution in [1.82, 2.24) is 0 Å². The number of aliphatic imine (C=N–C) groups is 1. The molecule has 0 aromatic heterocycles. The van der Waals surface area contributed by atoms with E-state index in [1.807, 2.05) is 79.7 Å². The molecule has 3 rings (SSSR count). The van der Waals surface area contributed by atoms with Crippen molar-refractivity contribution in [3.8, 4) is 11.5 Å². The predicted octanol–water partition coefficient (Wildman–Crippen LogP) is 4.77. The third-order valence-corrected chi connectivity index (χ3v) is 4.00. The van der Waals surface area contributed by atoms with Gasteiger partial charge in [-0.3, -0.25) is 9.79 Å². The standard InChI is InChI=1S/C23H22N2O3/c1-17-6-5-8-20(14-17)25-23(26)16-28-22-9-4-3-7-18(22)15-24-19-10-12-21(27-2)13-11-19/h3-15H,16H2,1-2H3,(H,25,26). The smallest absolute Gasteiger partial charge is 0.262 e. The molecule has 0 saturated carbocycles. The molecule has 0 fully saturated rings. The van der Waals surface area contributed by atoms with Crippen molar-refractivity contribution in [3.05, 3.63) is 83.9 Å². The normalized spacial score (nSPS) is 10.6. The van der Waals surface area contributed by atoms with Crippen molar-refractivity contribution >= 4 is 23.5 Å². The molecule has 3 aromatic carbocycles. The highest BCUT2D eigenvalue weighted by Crippen LogP contribution is 2.20. The SMILES string of the molecule is COc1ccc(N=Cc2ccccc2OCC(=O)Nc2cccc(C)c2)cc1. The molecule has 0 heterocycles. The number of para-hydroxylation sites is 1. The molecule has 0 aliphatic carbocycles. The number of rotatable bonds is 7. The van der Waals surface area contributed by atoms with Crippen LogP contribution in [0, 0.1) is 6.92 Å². The number of ether oxygens (including phenoxy) is 2. The van der Waals surface area contributed by atoms with Gasteiger partial charge in [-0.15, -0.1) is 0 Å². The van der Waals surface area contributed by atoms with Gasteiger partial charge >= 0.3 is 0 Å². The lowest BCUT2D eigenvalue weighted by Gasteiger charge is -2.10. The topological polar surface area (TPSA) is 59.9 Å². The van der Waals surface area contributed by atoms with Crippen LogP contribution in [-0.4, -0.2) is 25.8 Å². The molecule has 28 heavy (non-hydrogen) atoms. The first-order valence-corrected chi connectivity index (χ1v) is 8.90. The molecule has 0 atom stereocenters. The second-order valence-electron chi connectivity index (χ2n) is 6.20. The Bertz CT molecular complexity index is 966. The summed E-state index contributed by atoms with van der Waals surface area (Å²) in [4.78, 5) is 16.6. The van der Waals surface area contributed by atoms with Crippen LogP contribution < -0.4 is 14.8 Å². The van der Waals surface area contributed by atoms with Gasteiger partial charge in [-0.2, -0.15) is 0 Å². The maximum atomic E-state index is 12.2. The molecule has 1 amide bonds. The number of carbonyl (C=O) groups excluding carboxylic acids is 1. The van der Waals surface area contributed by atoms with Gasteiger partial charge in [0.25, 0.3) is 5.91 Å². The third-order valence-electron chi connectivity index (χ3n) is 4.00. The number of methoxy groups -OCH3 is 1. The first kappa shape index (κ1) is 19.2. The second-order valence-corrected chi connectivity index (χ2v) is 6.20. The first-order valence-electron chi connectivity index (χ1n) is 8.90. The quantitative estimate of drug-likeness (QED) is 0.606. The summed E-state index contributed by atoms with van der Waals surface area (Å²) >= 11 is 0. The molecule has 0 bridgehead atoms. The zero-order valence-electron chi connectivity index (χ0n) is 15.9. The lowest BCUT2D eigenvalue weighted by atomic mass is 10.2. The monoisotopic (exact) mass is 374 g/mol. The van der Waals surface area contributed by atoms with Gasteiger partial charge in [-0.05, 0) is 61.0 Å². The van der Waals surface area contributed by atoms with Gasteiger partial charge in [0.05, 0.1) is 12.8 Å². The van der Waals surface area contributed by atoms with Crippen LogP contribution in [0.1, 0.15) is 11.1 Å². The van der Waals surface area contributed by atoms with E-state index in [1.165, 1.54) is 0 Å². The van der Waals surface area contributed by atoms with Crippen molar-refractivity contribution in [2.75, 3.05) is 19.0 Å². The van der Waals surface area contributed by atoms with E-state index in [9.17, 15) is 4.79 Å². The third kappa shape index (κ3) is 5.45. The van der Waals surface area contributed by atoms with E-state index in [4.69, 9.17) is 9.47 Å². The summed E-state index contributed by atoms with van der Waals surface area (Å²) in [6, 6.07) is 22.5. The molecule has 0 unspecified atom stereocenters. The number of aryl methyl sites for hydroxylation is 1. The van der Waals surface area contributed by atoms with Crippen LogP contribution in [0.25, 0.3) is 0 Å². The Labute approximate surface area is 164 Å². The first-order chi connectivity index (χ1) is 13.6. The van der Waals surface area contributed by atoms with E-state index in [0.717, 1.165) is 28.3 Å². The molecule has 5 heteroatoms. The largest absolute Gasteiger partial charge is 0.497 e. The number of nitrogens with one attached hydrogen (secondary N) is 1. The zero-order chi connectivity index (χ0) is 19.8. The van der Waals surface area contributed by atoms with Gasteiger partial charge in [0.1, 0.15) is 11.5 Å². The lowest BCUT2D eigenvalue weighted by molar-refractivity contribution is -0.118. The van der Waals surface area contributed by atoms with Crippen molar-refractivity contribution in [1.29, 1.82) is 0 Å². The summed E-state index contributed by atoms with van der Waals surface area (Å²) < 4.78 is 10.8. The van der Waals surface area contributed by atoms with Crippen molar-refractivity contribution < 1.29 is 14.3 Å². The van der Waals surface area contributed by atoms with E-state index in [-0.39, 0.29) is 12.5 Å². The summed E-state index contributed by atoms with van der Waals surface area (Å²) in [5.74, 6) is 1.16. The summed E-state index contributed by atoms with van der Waals surface area (Å²) in [5, 5.41) is 2.83.